The topological polar surface area (TPSA) is 109 Å². The van der Waals surface area contributed by atoms with Crippen LogP contribution in [-0.4, -0.2) is 84.1 Å². The minimum absolute atomic E-state index is 0.00532. The van der Waals surface area contributed by atoms with E-state index in [-0.39, 0.29) is 16.9 Å². The molecule has 10 nitrogen and oxygen atoms in total. The number of fused-ring (bicyclic) bond motifs is 1. The highest BCUT2D eigenvalue weighted by molar-refractivity contribution is 6.31. The van der Waals surface area contributed by atoms with Crippen LogP contribution >= 0.6 is 11.6 Å². The lowest BCUT2D eigenvalue weighted by Gasteiger charge is -2.33. The molecule has 12 heteroatoms. The van der Waals surface area contributed by atoms with Gasteiger partial charge in [-0.25, -0.2) is 14.4 Å². The molecule has 2 fully saturated rings. The Kier molecular flexibility index (Phi) is 11.0. The van der Waals surface area contributed by atoms with Crippen LogP contribution < -0.4 is 15.4 Å². The number of ether oxygens (including phenoxy) is 2. The molecule has 0 bridgehead atoms. The van der Waals surface area contributed by atoms with Crippen LogP contribution in [0.3, 0.4) is 0 Å². The van der Waals surface area contributed by atoms with E-state index in [4.69, 9.17) is 21.1 Å². The largest absolute Gasteiger partial charge is 0.491 e. The molecule has 1 aromatic heterocycles. The summed E-state index contributed by atoms with van der Waals surface area (Å²) >= 11 is 5.98. The first-order valence-corrected chi connectivity index (χ1v) is 15.5. The number of esters is 1. The first-order valence-electron chi connectivity index (χ1n) is 15.1. The molecule has 2 aliphatic rings. The van der Waals surface area contributed by atoms with Crippen LogP contribution in [0.2, 0.25) is 5.02 Å². The number of benzene rings is 2. The zero-order valence-electron chi connectivity index (χ0n) is 24.9. The van der Waals surface area contributed by atoms with Gasteiger partial charge in [0.05, 0.1) is 36.0 Å². The van der Waals surface area contributed by atoms with E-state index in [1.165, 1.54) is 37.4 Å². The second kappa shape index (κ2) is 15.3. The molecule has 1 saturated carbocycles. The molecule has 0 atom stereocenters. The molecule has 234 valence electrons. The third-order valence-corrected chi connectivity index (χ3v) is 8.17. The fourth-order valence-corrected chi connectivity index (χ4v) is 5.68. The molecule has 1 aliphatic carbocycles. The van der Waals surface area contributed by atoms with Crippen LogP contribution in [0.15, 0.2) is 48.8 Å². The maximum absolute atomic E-state index is 13.7. The van der Waals surface area contributed by atoms with Crippen LogP contribution in [-0.2, 0) is 14.3 Å². The molecular formula is C32H38ClFN6O4. The summed E-state index contributed by atoms with van der Waals surface area (Å²) in [5.74, 6) is 0.507. The number of nitrogens with zero attached hydrogens (tertiary/aromatic N) is 4. The van der Waals surface area contributed by atoms with Crippen molar-refractivity contribution in [3.05, 3.63) is 59.7 Å². The fraction of sp³-hybridized carbons (Fsp3) is 0.438. The summed E-state index contributed by atoms with van der Waals surface area (Å²) in [4.78, 5) is 37.9. The van der Waals surface area contributed by atoms with Gasteiger partial charge in [0.2, 0.25) is 5.91 Å². The normalized spacial score (nSPS) is 16.4. The van der Waals surface area contributed by atoms with Crippen molar-refractivity contribution < 1.29 is 23.5 Å². The van der Waals surface area contributed by atoms with Crippen molar-refractivity contribution in [3.63, 3.8) is 0 Å². The Morgan fingerprint density at radius 3 is 2.61 bits per heavy atom. The van der Waals surface area contributed by atoms with Crippen LogP contribution in [0.4, 0.5) is 21.6 Å². The maximum atomic E-state index is 13.7. The summed E-state index contributed by atoms with van der Waals surface area (Å²) < 4.78 is 25.0. The maximum Gasteiger partial charge on any atom is 0.320 e. The number of piperazine rings is 1. The van der Waals surface area contributed by atoms with Gasteiger partial charge in [-0.15, -0.1) is 0 Å². The molecule has 0 spiro atoms. The van der Waals surface area contributed by atoms with Gasteiger partial charge in [0.25, 0.3) is 0 Å². The number of hydrogen-bond acceptors (Lipinski definition) is 9. The lowest BCUT2D eigenvalue weighted by atomic mass is 10.1. The fourth-order valence-electron chi connectivity index (χ4n) is 5.50. The Hall–Kier alpha value is -3.80. The molecule has 3 aromatic rings. The van der Waals surface area contributed by atoms with Gasteiger partial charge in [-0.1, -0.05) is 30.5 Å². The van der Waals surface area contributed by atoms with Crippen molar-refractivity contribution in [2.24, 2.45) is 5.92 Å². The molecule has 2 aromatic carbocycles. The van der Waals surface area contributed by atoms with E-state index < -0.39 is 5.82 Å². The summed E-state index contributed by atoms with van der Waals surface area (Å²) in [6.07, 6.45) is 9.47. The molecule has 1 amide bonds. The number of rotatable bonds is 12. The quantitative estimate of drug-likeness (QED) is 0.202. The first-order chi connectivity index (χ1) is 21.4. The second-order valence-corrected chi connectivity index (χ2v) is 11.5. The highest BCUT2D eigenvalue weighted by Gasteiger charge is 2.20. The van der Waals surface area contributed by atoms with E-state index >= 15 is 0 Å². The van der Waals surface area contributed by atoms with Gasteiger partial charge in [0.1, 0.15) is 23.7 Å². The third kappa shape index (κ3) is 8.64. The minimum atomic E-state index is -0.511. The summed E-state index contributed by atoms with van der Waals surface area (Å²) in [6.45, 7) is 6.79. The van der Waals surface area contributed by atoms with E-state index in [0.717, 1.165) is 39.0 Å². The predicted molar refractivity (Wildman–Crippen MR) is 169 cm³/mol. The molecule has 0 unspecified atom stereocenters. The first kappa shape index (κ1) is 31.6. The molecular weight excluding hydrogens is 587 g/mol. The minimum Gasteiger partial charge on any atom is -0.491 e. The van der Waals surface area contributed by atoms with Gasteiger partial charge in [-0.2, -0.15) is 0 Å². The molecule has 1 saturated heterocycles. The van der Waals surface area contributed by atoms with E-state index in [0.29, 0.717) is 66.1 Å². The Morgan fingerprint density at radius 1 is 1.09 bits per heavy atom. The Balaban J connectivity index is 1.27. The number of carbonyl (C=O) groups excluding carboxylic acids is 2. The molecule has 0 radical (unpaired) electrons. The van der Waals surface area contributed by atoms with Crippen LogP contribution in [0.1, 0.15) is 32.6 Å². The van der Waals surface area contributed by atoms with Crippen LogP contribution in [0.5, 0.6) is 5.75 Å². The monoisotopic (exact) mass is 624 g/mol. The van der Waals surface area contributed by atoms with Gasteiger partial charge < -0.3 is 20.1 Å². The number of carbonyl (C=O) groups is 2. The number of hydrogen-bond donors (Lipinski definition) is 2. The van der Waals surface area contributed by atoms with Crippen molar-refractivity contribution >= 4 is 51.6 Å². The second-order valence-electron chi connectivity index (χ2n) is 11.1. The Bertz CT molecular complexity index is 1490. The SMILES string of the molecule is CCOC(=O)CN1CCN(CC=CC(=O)Nc2cc3c(Nc4ccc(F)c(Cl)c4)ncnc3cc2OCC2CCCC2)CC1. The zero-order valence-corrected chi connectivity index (χ0v) is 25.6. The van der Waals surface area contributed by atoms with Gasteiger partial charge in [0, 0.05) is 55.9 Å². The summed E-state index contributed by atoms with van der Waals surface area (Å²) in [7, 11) is 0. The highest BCUT2D eigenvalue weighted by atomic mass is 35.5. The smallest absolute Gasteiger partial charge is 0.320 e. The number of amides is 1. The lowest BCUT2D eigenvalue weighted by molar-refractivity contribution is -0.144. The van der Waals surface area contributed by atoms with Crippen molar-refractivity contribution in [1.29, 1.82) is 0 Å². The standard InChI is InChI=1S/C32H38ClFN6O4/c1-2-43-31(42)19-40-14-12-39(13-15-40)11-5-8-30(41)38-28-17-24-27(18-29(28)44-20-22-6-3-4-7-22)35-21-36-32(24)37-23-9-10-26(34)25(33)16-23/h5,8-10,16-18,21-22H,2-4,6-7,11-15,19-20H2,1H3,(H,38,41)(H,35,36,37). The predicted octanol–water partition coefficient (Wildman–Crippen LogP) is 5.41. The average molecular weight is 625 g/mol. The molecule has 44 heavy (non-hydrogen) atoms. The van der Waals surface area contributed by atoms with Crippen molar-refractivity contribution in [1.82, 2.24) is 19.8 Å². The van der Waals surface area contributed by atoms with Crippen molar-refractivity contribution in [2.75, 3.05) is 63.1 Å². The van der Waals surface area contributed by atoms with Gasteiger partial charge >= 0.3 is 5.97 Å². The van der Waals surface area contributed by atoms with E-state index in [1.54, 1.807) is 19.1 Å². The highest BCUT2D eigenvalue weighted by Crippen LogP contribution is 2.35. The van der Waals surface area contributed by atoms with E-state index in [2.05, 4.69) is 30.4 Å². The third-order valence-electron chi connectivity index (χ3n) is 7.88. The summed E-state index contributed by atoms with van der Waals surface area (Å²) in [5, 5.41) is 6.81. The summed E-state index contributed by atoms with van der Waals surface area (Å²) in [5.41, 5.74) is 1.70. The Labute approximate surface area is 261 Å². The van der Waals surface area contributed by atoms with Crippen LogP contribution in [0, 0.1) is 11.7 Å². The molecule has 1 aliphatic heterocycles. The number of nitrogens with one attached hydrogen (secondary N) is 2. The molecule has 2 heterocycles. The van der Waals surface area contributed by atoms with Crippen LogP contribution in [0.25, 0.3) is 10.9 Å². The van der Waals surface area contributed by atoms with E-state index in [9.17, 15) is 14.0 Å². The average Bonchev–Trinajstić information content (AvgIpc) is 3.53. The van der Waals surface area contributed by atoms with Gasteiger partial charge in [-0.05, 0) is 49.9 Å². The number of aromatic nitrogens is 2. The summed E-state index contributed by atoms with van der Waals surface area (Å²) in [6, 6.07) is 7.94. The molecule has 2 N–H and O–H groups in total. The van der Waals surface area contributed by atoms with Gasteiger partial charge in [-0.3, -0.25) is 19.4 Å². The number of halogens is 2. The van der Waals surface area contributed by atoms with E-state index in [1.807, 2.05) is 12.1 Å². The lowest BCUT2D eigenvalue weighted by Crippen LogP contribution is -2.48. The number of anilines is 3. The van der Waals surface area contributed by atoms with Gasteiger partial charge in [0.15, 0.2) is 0 Å². The zero-order chi connectivity index (χ0) is 30.9. The Morgan fingerprint density at radius 2 is 1.86 bits per heavy atom. The van der Waals surface area contributed by atoms with Crippen molar-refractivity contribution in [2.45, 2.75) is 32.6 Å². The van der Waals surface area contributed by atoms with Crippen molar-refractivity contribution in [3.8, 4) is 5.75 Å². The molecule has 5 rings (SSSR count).